The molecule has 8 nitrogen and oxygen atoms in total. The highest BCUT2D eigenvalue weighted by Gasteiger charge is 2.32. The number of aliphatic carboxylic acids is 2. The quantitative estimate of drug-likeness (QED) is 0.734. The van der Waals surface area contributed by atoms with E-state index >= 15 is 0 Å². The van der Waals surface area contributed by atoms with Crippen LogP contribution >= 0.6 is 0 Å². The molecule has 0 bridgehead atoms. The fourth-order valence-electron chi connectivity index (χ4n) is 3.36. The number of carboxylic acids is 2. The average molecular weight is 394 g/mol. The molecular weight excluding hydrogens is 371 g/mol. The first-order valence-corrected chi connectivity index (χ1v) is 9.10. The minimum atomic E-state index is -1.82. The number of nitrogens with zero attached hydrogens (tertiary/aromatic N) is 2. The number of amides is 2. The molecule has 2 N–H and O–H groups in total. The molecule has 1 atom stereocenters. The van der Waals surface area contributed by atoms with Gasteiger partial charge in [-0.1, -0.05) is 12.1 Å². The second kappa shape index (κ2) is 9.82. The maximum Gasteiger partial charge on any atom is 0.414 e. The van der Waals surface area contributed by atoms with Crippen molar-refractivity contribution in [3.05, 3.63) is 35.6 Å². The maximum absolute atomic E-state index is 13.8. The normalized spacial score (nSPS) is 18.8. The summed E-state index contributed by atoms with van der Waals surface area (Å²) >= 11 is 0. The Morgan fingerprint density at radius 3 is 2.04 bits per heavy atom. The molecule has 152 valence electrons. The highest BCUT2D eigenvalue weighted by Crippen LogP contribution is 2.23. The fourth-order valence-corrected chi connectivity index (χ4v) is 3.36. The minimum absolute atomic E-state index is 0.0942. The zero-order chi connectivity index (χ0) is 20.7. The van der Waals surface area contributed by atoms with E-state index in [0.717, 1.165) is 38.8 Å². The van der Waals surface area contributed by atoms with Crippen molar-refractivity contribution < 1.29 is 33.8 Å². The third kappa shape index (κ3) is 5.51. The molecule has 2 aliphatic rings. The summed E-state index contributed by atoms with van der Waals surface area (Å²) in [4.78, 5) is 46.7. The Bertz CT molecular complexity index is 736. The lowest BCUT2D eigenvalue weighted by atomic mass is 9.96. The van der Waals surface area contributed by atoms with Crippen molar-refractivity contribution in [3.8, 4) is 0 Å². The van der Waals surface area contributed by atoms with Crippen molar-refractivity contribution >= 4 is 23.8 Å². The molecule has 1 aromatic rings. The van der Waals surface area contributed by atoms with Gasteiger partial charge in [0.1, 0.15) is 5.82 Å². The van der Waals surface area contributed by atoms with Crippen molar-refractivity contribution in [1.29, 1.82) is 0 Å². The second-order valence-electron chi connectivity index (χ2n) is 6.71. The Balaban J connectivity index is 0.000000409. The Labute approximate surface area is 161 Å². The van der Waals surface area contributed by atoms with Gasteiger partial charge in [0.05, 0.1) is 11.5 Å². The molecule has 2 saturated heterocycles. The van der Waals surface area contributed by atoms with Crippen LogP contribution in [0.4, 0.5) is 4.39 Å². The molecule has 0 aromatic heterocycles. The number of hydrogen-bond donors (Lipinski definition) is 2. The van der Waals surface area contributed by atoms with E-state index < -0.39 is 17.8 Å². The van der Waals surface area contributed by atoms with Crippen molar-refractivity contribution in [1.82, 2.24) is 9.80 Å². The van der Waals surface area contributed by atoms with Gasteiger partial charge >= 0.3 is 11.9 Å². The van der Waals surface area contributed by atoms with Gasteiger partial charge in [0.25, 0.3) is 5.91 Å². The fraction of sp³-hybridized carbons (Fsp3) is 0.474. The Morgan fingerprint density at radius 2 is 1.46 bits per heavy atom. The molecule has 3 rings (SSSR count). The summed E-state index contributed by atoms with van der Waals surface area (Å²) in [6.07, 6.45) is 3.74. The maximum atomic E-state index is 13.8. The van der Waals surface area contributed by atoms with Crippen LogP contribution < -0.4 is 0 Å². The van der Waals surface area contributed by atoms with E-state index in [9.17, 15) is 14.0 Å². The van der Waals surface area contributed by atoms with Crippen LogP contribution in [0.15, 0.2) is 24.3 Å². The van der Waals surface area contributed by atoms with Gasteiger partial charge in [-0.25, -0.2) is 14.0 Å². The van der Waals surface area contributed by atoms with E-state index in [1.807, 2.05) is 4.90 Å². The molecule has 28 heavy (non-hydrogen) atoms. The van der Waals surface area contributed by atoms with Gasteiger partial charge in [0.15, 0.2) is 0 Å². The lowest BCUT2D eigenvalue weighted by Gasteiger charge is -2.34. The Hall–Kier alpha value is -2.97. The number of piperidine rings is 1. The van der Waals surface area contributed by atoms with Gasteiger partial charge in [-0.15, -0.1) is 0 Å². The SMILES string of the molecule is O=C(O)C(=O)O.O=C(c1ccccc1F)N1CCCC(C(=O)N2CCCC2)C1. The molecule has 2 heterocycles. The van der Waals surface area contributed by atoms with Gasteiger partial charge in [-0.05, 0) is 37.8 Å². The molecule has 1 aromatic carbocycles. The van der Waals surface area contributed by atoms with Gasteiger partial charge in [0.2, 0.25) is 5.91 Å². The van der Waals surface area contributed by atoms with Crippen LogP contribution in [0.2, 0.25) is 0 Å². The van der Waals surface area contributed by atoms with Gasteiger partial charge in [-0.2, -0.15) is 0 Å². The topological polar surface area (TPSA) is 115 Å². The number of rotatable bonds is 2. The zero-order valence-electron chi connectivity index (χ0n) is 15.3. The number of benzene rings is 1. The number of carbonyl (C=O) groups is 4. The standard InChI is InChI=1S/C17H21FN2O2.C2H2O4/c18-15-8-2-1-7-14(15)17(22)20-11-5-6-13(12-20)16(21)19-9-3-4-10-19;3-1(4)2(5)6/h1-2,7-8,13H,3-6,9-12H2;(H,3,4)(H,5,6). The third-order valence-corrected chi connectivity index (χ3v) is 4.76. The van der Waals surface area contributed by atoms with Crippen LogP contribution in [0.3, 0.4) is 0 Å². The highest BCUT2D eigenvalue weighted by molar-refractivity contribution is 6.27. The Kier molecular flexibility index (Phi) is 7.48. The Morgan fingerprint density at radius 1 is 0.893 bits per heavy atom. The summed E-state index contributed by atoms with van der Waals surface area (Å²) in [5.41, 5.74) is 0.0942. The van der Waals surface area contributed by atoms with Crippen molar-refractivity contribution in [2.45, 2.75) is 25.7 Å². The predicted molar refractivity (Wildman–Crippen MR) is 96.1 cm³/mol. The van der Waals surface area contributed by atoms with Crippen LogP contribution in [-0.2, 0) is 14.4 Å². The average Bonchev–Trinajstić information content (AvgIpc) is 3.22. The molecule has 9 heteroatoms. The van der Waals surface area contributed by atoms with Crippen molar-refractivity contribution in [3.63, 3.8) is 0 Å². The summed E-state index contributed by atoms with van der Waals surface area (Å²) in [5, 5.41) is 14.8. The molecule has 1 unspecified atom stereocenters. The molecule has 2 amide bonds. The zero-order valence-corrected chi connectivity index (χ0v) is 15.3. The monoisotopic (exact) mass is 394 g/mol. The lowest BCUT2D eigenvalue weighted by Crippen LogP contribution is -2.46. The summed E-state index contributed by atoms with van der Waals surface area (Å²) < 4.78 is 13.8. The van der Waals surface area contributed by atoms with Crippen LogP contribution in [0.5, 0.6) is 0 Å². The van der Waals surface area contributed by atoms with E-state index in [4.69, 9.17) is 19.8 Å². The molecule has 2 aliphatic heterocycles. The first-order chi connectivity index (χ1) is 13.3. The first kappa shape index (κ1) is 21.3. The minimum Gasteiger partial charge on any atom is -0.473 e. The van der Waals surface area contributed by atoms with E-state index in [-0.39, 0.29) is 23.3 Å². The number of halogens is 1. The van der Waals surface area contributed by atoms with Crippen LogP contribution in [0, 0.1) is 11.7 Å². The first-order valence-electron chi connectivity index (χ1n) is 9.10. The van der Waals surface area contributed by atoms with E-state index in [0.29, 0.717) is 13.1 Å². The van der Waals surface area contributed by atoms with Gasteiger partial charge < -0.3 is 20.0 Å². The molecule has 2 fully saturated rings. The highest BCUT2D eigenvalue weighted by atomic mass is 19.1. The lowest BCUT2D eigenvalue weighted by molar-refractivity contribution is -0.159. The van der Waals surface area contributed by atoms with Crippen LogP contribution in [-0.4, -0.2) is 69.9 Å². The van der Waals surface area contributed by atoms with Gasteiger partial charge in [0, 0.05) is 26.2 Å². The molecule has 0 spiro atoms. The summed E-state index contributed by atoms with van der Waals surface area (Å²) in [7, 11) is 0. The number of likely N-dealkylation sites (tertiary alicyclic amines) is 2. The van der Waals surface area contributed by atoms with Crippen LogP contribution in [0.1, 0.15) is 36.0 Å². The molecular formula is C19H23FN2O6. The molecule has 0 radical (unpaired) electrons. The summed E-state index contributed by atoms with van der Waals surface area (Å²) in [6.45, 7) is 2.66. The molecule has 0 aliphatic carbocycles. The third-order valence-electron chi connectivity index (χ3n) is 4.76. The largest absolute Gasteiger partial charge is 0.473 e. The van der Waals surface area contributed by atoms with E-state index in [1.165, 1.54) is 12.1 Å². The van der Waals surface area contributed by atoms with Crippen molar-refractivity contribution in [2.75, 3.05) is 26.2 Å². The summed E-state index contributed by atoms with van der Waals surface area (Å²) in [5.74, 6) is -4.44. The van der Waals surface area contributed by atoms with Crippen molar-refractivity contribution in [2.24, 2.45) is 5.92 Å². The predicted octanol–water partition coefficient (Wildman–Crippen LogP) is 1.46. The van der Waals surface area contributed by atoms with E-state index in [2.05, 4.69) is 0 Å². The molecule has 0 saturated carbocycles. The number of hydrogen-bond acceptors (Lipinski definition) is 4. The van der Waals surface area contributed by atoms with Gasteiger partial charge in [-0.3, -0.25) is 9.59 Å². The number of carbonyl (C=O) groups excluding carboxylic acids is 2. The van der Waals surface area contributed by atoms with E-state index in [1.54, 1.807) is 17.0 Å². The number of carboxylic acid groups (broad SMARTS) is 2. The summed E-state index contributed by atoms with van der Waals surface area (Å²) in [6, 6.07) is 6.03. The van der Waals surface area contributed by atoms with Crippen LogP contribution in [0.25, 0.3) is 0 Å². The second-order valence-corrected chi connectivity index (χ2v) is 6.71. The smallest absolute Gasteiger partial charge is 0.414 e.